The number of Topliss-reactive ketones (excluding diaryl/α,β-unsaturated/α-hetero) is 1. The van der Waals surface area contributed by atoms with Crippen LogP contribution >= 0.6 is 23.2 Å². The second kappa shape index (κ2) is 6.65. The molecule has 0 aliphatic carbocycles. The number of carbonyl (C=O) groups is 2. The lowest BCUT2D eigenvalue weighted by molar-refractivity contribution is -0.124. The molecule has 2 aliphatic heterocycles. The summed E-state index contributed by atoms with van der Waals surface area (Å²) in [6, 6.07) is 8.67. The number of aromatic nitrogens is 1. The first-order chi connectivity index (χ1) is 12.4. The number of pyridine rings is 1. The van der Waals surface area contributed by atoms with Crippen LogP contribution in [0, 0.1) is 12.8 Å². The monoisotopic (exact) mass is 390 g/mol. The highest BCUT2D eigenvalue weighted by Gasteiger charge is 2.57. The molecule has 2 bridgehead atoms. The molecule has 1 amide bonds. The van der Waals surface area contributed by atoms with E-state index in [1.54, 1.807) is 24.4 Å². The minimum Gasteiger partial charge on any atom is -0.365 e. The van der Waals surface area contributed by atoms with Gasteiger partial charge in [0.1, 0.15) is 6.10 Å². The molecule has 2 fully saturated rings. The van der Waals surface area contributed by atoms with E-state index in [4.69, 9.17) is 27.9 Å². The zero-order chi connectivity index (χ0) is 18.4. The maximum Gasteiger partial charge on any atom is 0.230 e. The van der Waals surface area contributed by atoms with Gasteiger partial charge in [-0.05, 0) is 42.8 Å². The number of amides is 1. The summed E-state index contributed by atoms with van der Waals surface area (Å²) in [6.07, 6.45) is 0.972. The normalized spacial score (nSPS) is 27.0. The summed E-state index contributed by atoms with van der Waals surface area (Å²) in [4.78, 5) is 29.4. The van der Waals surface area contributed by atoms with Crippen molar-refractivity contribution in [1.29, 1.82) is 0 Å². The smallest absolute Gasteiger partial charge is 0.230 e. The number of nitrogens with one attached hydrogen (secondary N) is 1. The first-order valence-electron chi connectivity index (χ1n) is 8.30. The number of anilines is 1. The molecule has 4 rings (SSSR count). The lowest BCUT2D eigenvalue weighted by Gasteiger charge is -2.27. The molecular weight excluding hydrogens is 375 g/mol. The van der Waals surface area contributed by atoms with Gasteiger partial charge < -0.3 is 10.1 Å². The van der Waals surface area contributed by atoms with Crippen molar-refractivity contribution in [2.75, 3.05) is 5.32 Å². The number of aryl methyl sites for hydroxylation is 1. The topological polar surface area (TPSA) is 68.3 Å². The largest absolute Gasteiger partial charge is 0.365 e. The Hall–Kier alpha value is -1.95. The molecule has 5 nitrogen and oxygen atoms in total. The van der Waals surface area contributed by atoms with Crippen molar-refractivity contribution < 1.29 is 14.3 Å². The van der Waals surface area contributed by atoms with E-state index in [0.717, 1.165) is 11.3 Å². The van der Waals surface area contributed by atoms with Gasteiger partial charge in [0.2, 0.25) is 5.91 Å². The second-order valence-electron chi connectivity index (χ2n) is 6.67. The van der Waals surface area contributed by atoms with Crippen LogP contribution in [0.1, 0.15) is 23.6 Å². The van der Waals surface area contributed by atoms with Gasteiger partial charge in [0, 0.05) is 29.9 Å². The van der Waals surface area contributed by atoms with Crippen LogP contribution in [0.4, 0.5) is 5.69 Å². The number of halogens is 2. The third-order valence-electron chi connectivity index (χ3n) is 4.95. The Balaban J connectivity index is 1.63. The number of ether oxygens (including phenoxy) is 1. The maximum atomic E-state index is 13.0. The molecule has 0 radical (unpaired) electrons. The van der Waals surface area contributed by atoms with E-state index in [1.807, 2.05) is 19.1 Å². The number of hydrogen-bond donors (Lipinski definition) is 1. The van der Waals surface area contributed by atoms with Crippen molar-refractivity contribution in [3.8, 4) is 0 Å². The number of ketones is 1. The molecule has 3 heterocycles. The van der Waals surface area contributed by atoms with Gasteiger partial charge in [0.05, 0.1) is 22.1 Å². The number of benzene rings is 1. The van der Waals surface area contributed by atoms with E-state index in [9.17, 15) is 9.59 Å². The summed E-state index contributed by atoms with van der Waals surface area (Å²) >= 11 is 11.9. The molecule has 1 N–H and O–H groups in total. The summed E-state index contributed by atoms with van der Waals surface area (Å²) < 4.78 is 5.83. The molecular formula is C19H16Cl2N2O3. The van der Waals surface area contributed by atoms with E-state index in [-0.39, 0.29) is 24.0 Å². The Morgan fingerprint density at radius 1 is 1.23 bits per heavy atom. The first kappa shape index (κ1) is 17.5. The Morgan fingerprint density at radius 2 is 2.04 bits per heavy atom. The van der Waals surface area contributed by atoms with Gasteiger partial charge in [-0.3, -0.25) is 14.6 Å². The van der Waals surface area contributed by atoms with Crippen molar-refractivity contribution in [2.24, 2.45) is 5.92 Å². The molecule has 2 aliphatic rings. The minimum atomic E-state index is -0.577. The van der Waals surface area contributed by atoms with Crippen molar-refractivity contribution in [2.45, 2.75) is 31.5 Å². The van der Waals surface area contributed by atoms with Gasteiger partial charge in [0.15, 0.2) is 5.78 Å². The van der Waals surface area contributed by atoms with Gasteiger partial charge >= 0.3 is 0 Å². The summed E-state index contributed by atoms with van der Waals surface area (Å²) in [5, 5.41) is 3.66. The molecule has 4 atom stereocenters. The van der Waals surface area contributed by atoms with Gasteiger partial charge in [-0.2, -0.15) is 0 Å². The van der Waals surface area contributed by atoms with E-state index in [1.165, 1.54) is 0 Å². The molecule has 2 aromatic rings. The van der Waals surface area contributed by atoms with Gasteiger partial charge in [-0.15, -0.1) is 0 Å². The molecule has 0 spiro atoms. The van der Waals surface area contributed by atoms with E-state index >= 15 is 0 Å². The number of hydrogen-bond acceptors (Lipinski definition) is 4. The standard InChI is InChI=1S/C19H16Cl2N2O3/c1-9-6-10(4-5-22-9)16-17(15-8-14(24)18(16)26-15)19(25)23-11-2-3-12(20)13(21)7-11/h2-7,15-18H,8H2,1H3,(H,23,25)/t15-,16-,17+,18+/m1/s1. The molecule has 0 saturated carbocycles. The van der Waals surface area contributed by atoms with Gasteiger partial charge in [-0.25, -0.2) is 0 Å². The SMILES string of the molecule is Cc1cc([C@@H]2[C@@H](C(=O)Nc3ccc(Cl)c(Cl)c3)[C@H]3CC(=O)[C@@H]2O3)ccn1. The highest BCUT2D eigenvalue weighted by Crippen LogP contribution is 2.47. The van der Waals surface area contributed by atoms with Crippen molar-refractivity contribution in [1.82, 2.24) is 4.98 Å². The van der Waals surface area contributed by atoms with Crippen LogP contribution in [0.5, 0.6) is 0 Å². The molecule has 0 unspecified atom stereocenters. The molecule has 26 heavy (non-hydrogen) atoms. The summed E-state index contributed by atoms with van der Waals surface area (Å²) in [5.74, 6) is -0.907. The predicted octanol–water partition coefficient (Wildman–Crippen LogP) is 3.78. The van der Waals surface area contributed by atoms with E-state index < -0.39 is 18.1 Å². The van der Waals surface area contributed by atoms with Gasteiger partial charge in [0.25, 0.3) is 0 Å². The average Bonchev–Trinajstić information content (AvgIpc) is 3.15. The Morgan fingerprint density at radius 3 is 2.77 bits per heavy atom. The van der Waals surface area contributed by atoms with E-state index in [2.05, 4.69) is 10.3 Å². The van der Waals surface area contributed by atoms with Crippen LogP contribution < -0.4 is 5.32 Å². The summed E-state index contributed by atoms with van der Waals surface area (Å²) in [5.41, 5.74) is 2.29. The lowest BCUT2D eigenvalue weighted by atomic mass is 9.74. The zero-order valence-corrected chi connectivity index (χ0v) is 15.4. The van der Waals surface area contributed by atoms with Crippen molar-refractivity contribution in [3.63, 3.8) is 0 Å². The zero-order valence-electron chi connectivity index (χ0n) is 13.9. The molecule has 2 saturated heterocycles. The van der Waals surface area contributed by atoms with Crippen LogP contribution in [0.3, 0.4) is 0 Å². The predicted molar refractivity (Wildman–Crippen MR) is 98.6 cm³/mol. The third kappa shape index (κ3) is 3.00. The number of nitrogens with zero attached hydrogens (tertiary/aromatic N) is 1. The molecule has 1 aromatic carbocycles. The Labute approximate surface area is 160 Å². The molecule has 7 heteroatoms. The van der Waals surface area contributed by atoms with Crippen molar-refractivity contribution in [3.05, 3.63) is 57.8 Å². The van der Waals surface area contributed by atoms with Crippen LogP contribution in [0.2, 0.25) is 10.0 Å². The molecule has 1 aromatic heterocycles. The third-order valence-corrected chi connectivity index (χ3v) is 5.69. The fraction of sp³-hybridized carbons (Fsp3) is 0.316. The fourth-order valence-corrected chi connectivity index (χ4v) is 4.13. The number of fused-ring (bicyclic) bond motifs is 2. The van der Waals surface area contributed by atoms with Crippen molar-refractivity contribution >= 4 is 40.6 Å². The summed E-state index contributed by atoms with van der Waals surface area (Å²) in [6.45, 7) is 1.88. The number of carbonyl (C=O) groups excluding carboxylic acids is 2. The van der Waals surface area contributed by atoms with Crippen LogP contribution in [0.25, 0.3) is 0 Å². The number of rotatable bonds is 3. The average molecular weight is 391 g/mol. The maximum absolute atomic E-state index is 13.0. The lowest BCUT2D eigenvalue weighted by Crippen LogP contribution is -2.39. The van der Waals surface area contributed by atoms with Crippen LogP contribution in [0.15, 0.2) is 36.5 Å². The summed E-state index contributed by atoms with van der Waals surface area (Å²) in [7, 11) is 0. The highest BCUT2D eigenvalue weighted by molar-refractivity contribution is 6.42. The van der Waals surface area contributed by atoms with Crippen LogP contribution in [-0.4, -0.2) is 28.9 Å². The minimum absolute atomic E-state index is 0.0491. The first-order valence-corrected chi connectivity index (χ1v) is 9.06. The Kier molecular flexibility index (Phi) is 4.47. The quantitative estimate of drug-likeness (QED) is 0.865. The van der Waals surface area contributed by atoms with Gasteiger partial charge in [-0.1, -0.05) is 23.2 Å². The second-order valence-corrected chi connectivity index (χ2v) is 7.48. The molecule has 134 valence electrons. The highest BCUT2D eigenvalue weighted by atomic mass is 35.5. The fourth-order valence-electron chi connectivity index (χ4n) is 3.83. The van der Waals surface area contributed by atoms with E-state index in [0.29, 0.717) is 15.7 Å². The Bertz CT molecular complexity index is 902. The van der Waals surface area contributed by atoms with Crippen LogP contribution in [-0.2, 0) is 14.3 Å².